The molecule has 0 aromatic heterocycles. The number of Topliss-reactive ketones (excluding diaryl/α,β-unsaturated/α-hetero) is 1. The van der Waals surface area contributed by atoms with E-state index in [1.165, 1.54) is 12.1 Å². The maximum Gasteiger partial charge on any atom is 0.231 e. The van der Waals surface area contributed by atoms with Gasteiger partial charge in [-0.2, -0.15) is 0 Å². The van der Waals surface area contributed by atoms with Gasteiger partial charge in [-0.05, 0) is 42.8 Å². The van der Waals surface area contributed by atoms with Crippen molar-refractivity contribution in [1.29, 1.82) is 0 Å². The minimum absolute atomic E-state index is 0.0730. The Balaban J connectivity index is 1.86. The van der Waals surface area contributed by atoms with E-state index >= 15 is 0 Å². The lowest BCUT2D eigenvalue weighted by atomic mass is 10.1. The third-order valence-electron chi connectivity index (χ3n) is 3.14. The van der Waals surface area contributed by atoms with Gasteiger partial charge in [0.15, 0.2) is 5.76 Å². The predicted octanol–water partition coefficient (Wildman–Crippen LogP) is 3.41. The maximum absolute atomic E-state index is 12.2. The zero-order valence-corrected chi connectivity index (χ0v) is 11.5. The molecule has 0 atom stereocenters. The lowest BCUT2D eigenvalue weighted by molar-refractivity contribution is 0.101. The summed E-state index contributed by atoms with van der Waals surface area (Å²) >= 11 is 0. The van der Waals surface area contributed by atoms with Crippen LogP contribution in [0, 0.1) is 0 Å². The summed E-state index contributed by atoms with van der Waals surface area (Å²) in [7, 11) is 0. The van der Waals surface area contributed by atoms with Gasteiger partial charge in [-0.15, -0.1) is 0 Å². The first-order valence-electron chi connectivity index (χ1n) is 6.67. The van der Waals surface area contributed by atoms with Crippen molar-refractivity contribution in [3.63, 3.8) is 0 Å². The minimum atomic E-state index is -0.182. The number of carbonyl (C=O) groups is 1. The second-order valence-corrected chi connectivity index (χ2v) is 4.62. The second kappa shape index (κ2) is 5.32. The van der Waals surface area contributed by atoms with Gasteiger partial charge in [0.25, 0.3) is 0 Å². The van der Waals surface area contributed by atoms with Gasteiger partial charge in [0, 0.05) is 6.07 Å². The van der Waals surface area contributed by atoms with Crippen molar-refractivity contribution < 1.29 is 19.4 Å². The summed E-state index contributed by atoms with van der Waals surface area (Å²) in [6, 6.07) is 11.9. The van der Waals surface area contributed by atoms with Crippen molar-refractivity contribution in [1.82, 2.24) is 0 Å². The van der Waals surface area contributed by atoms with Crippen LogP contribution >= 0.6 is 0 Å². The van der Waals surface area contributed by atoms with Gasteiger partial charge in [0.1, 0.15) is 17.2 Å². The highest BCUT2D eigenvalue weighted by atomic mass is 16.5. The summed E-state index contributed by atoms with van der Waals surface area (Å²) in [6.45, 7) is 2.54. The van der Waals surface area contributed by atoms with Crippen LogP contribution in [0.4, 0.5) is 0 Å². The Morgan fingerprint density at radius 3 is 2.67 bits per heavy atom. The van der Waals surface area contributed by atoms with Gasteiger partial charge in [0.05, 0.1) is 12.2 Å². The quantitative estimate of drug-likeness (QED) is 0.876. The molecule has 3 rings (SSSR count). The van der Waals surface area contributed by atoms with Crippen LogP contribution in [0.3, 0.4) is 0 Å². The average molecular weight is 282 g/mol. The third kappa shape index (κ3) is 2.60. The molecule has 1 aliphatic heterocycles. The van der Waals surface area contributed by atoms with Gasteiger partial charge < -0.3 is 14.6 Å². The standard InChI is InChI=1S/C17H14O4/c1-2-20-13-6-3-11(4-7-13)9-16-17(19)14-8-5-12(18)10-15(14)21-16/h3-10,18H,2H2,1H3/b16-9-. The lowest BCUT2D eigenvalue weighted by Crippen LogP contribution is -1.98. The number of ether oxygens (including phenoxy) is 2. The molecule has 0 saturated carbocycles. The van der Waals surface area contributed by atoms with Gasteiger partial charge in [-0.25, -0.2) is 0 Å². The maximum atomic E-state index is 12.2. The van der Waals surface area contributed by atoms with Gasteiger partial charge in [-0.1, -0.05) is 12.1 Å². The molecular weight excluding hydrogens is 268 g/mol. The van der Waals surface area contributed by atoms with Crippen molar-refractivity contribution in [3.8, 4) is 17.2 Å². The van der Waals surface area contributed by atoms with E-state index in [1.54, 1.807) is 12.1 Å². The lowest BCUT2D eigenvalue weighted by Gasteiger charge is -2.03. The van der Waals surface area contributed by atoms with Gasteiger partial charge >= 0.3 is 0 Å². The van der Waals surface area contributed by atoms with Crippen LogP contribution in [0.5, 0.6) is 17.2 Å². The molecule has 2 aromatic carbocycles. The summed E-state index contributed by atoms with van der Waals surface area (Å²) in [4.78, 5) is 12.2. The zero-order chi connectivity index (χ0) is 14.8. The number of phenolic OH excluding ortho intramolecular Hbond substituents is 1. The third-order valence-corrected chi connectivity index (χ3v) is 3.14. The molecule has 2 aromatic rings. The Morgan fingerprint density at radius 2 is 1.95 bits per heavy atom. The van der Waals surface area contributed by atoms with Gasteiger partial charge in [-0.3, -0.25) is 4.79 Å². The molecule has 0 spiro atoms. The molecule has 0 amide bonds. The first kappa shape index (κ1) is 13.2. The van der Waals surface area contributed by atoms with Crippen LogP contribution in [0.2, 0.25) is 0 Å². The van der Waals surface area contributed by atoms with E-state index < -0.39 is 0 Å². The van der Waals surface area contributed by atoms with Crippen LogP contribution in [-0.4, -0.2) is 17.5 Å². The number of fused-ring (bicyclic) bond motifs is 1. The van der Waals surface area contributed by atoms with E-state index in [1.807, 2.05) is 31.2 Å². The fourth-order valence-corrected chi connectivity index (χ4v) is 2.15. The topological polar surface area (TPSA) is 55.8 Å². The molecule has 1 aliphatic rings. The Hall–Kier alpha value is -2.75. The van der Waals surface area contributed by atoms with Crippen LogP contribution in [0.15, 0.2) is 48.2 Å². The van der Waals surface area contributed by atoms with E-state index in [0.717, 1.165) is 11.3 Å². The predicted molar refractivity (Wildman–Crippen MR) is 78.7 cm³/mol. The number of aromatic hydroxyl groups is 1. The van der Waals surface area contributed by atoms with E-state index in [2.05, 4.69) is 0 Å². The van der Waals surface area contributed by atoms with E-state index in [9.17, 15) is 9.90 Å². The Labute approximate surface area is 122 Å². The Kier molecular flexibility index (Phi) is 3.36. The van der Waals surface area contributed by atoms with Crippen LogP contribution in [0.25, 0.3) is 6.08 Å². The number of benzene rings is 2. The summed E-state index contributed by atoms with van der Waals surface area (Å²) in [5.74, 6) is 1.31. The number of rotatable bonds is 3. The highest BCUT2D eigenvalue weighted by Crippen LogP contribution is 2.34. The van der Waals surface area contributed by atoms with Crippen molar-refractivity contribution in [2.24, 2.45) is 0 Å². The van der Waals surface area contributed by atoms with Crippen molar-refractivity contribution in [2.75, 3.05) is 6.61 Å². The molecule has 1 heterocycles. The molecular formula is C17H14O4. The van der Waals surface area contributed by atoms with Crippen molar-refractivity contribution >= 4 is 11.9 Å². The van der Waals surface area contributed by atoms with E-state index in [-0.39, 0.29) is 17.3 Å². The molecule has 0 unspecified atom stereocenters. The SMILES string of the molecule is CCOc1ccc(/C=C2\Oc3cc(O)ccc3C2=O)cc1. The van der Waals surface area contributed by atoms with Crippen LogP contribution in [0.1, 0.15) is 22.8 Å². The number of hydrogen-bond acceptors (Lipinski definition) is 4. The Morgan fingerprint density at radius 1 is 1.19 bits per heavy atom. The molecule has 0 aliphatic carbocycles. The average Bonchev–Trinajstić information content (AvgIpc) is 2.77. The number of allylic oxidation sites excluding steroid dienone is 1. The molecule has 106 valence electrons. The number of hydrogen-bond donors (Lipinski definition) is 1. The normalized spacial score (nSPS) is 14.9. The smallest absolute Gasteiger partial charge is 0.231 e. The minimum Gasteiger partial charge on any atom is -0.508 e. The largest absolute Gasteiger partial charge is 0.508 e. The van der Waals surface area contributed by atoms with Gasteiger partial charge in [0.2, 0.25) is 5.78 Å². The van der Waals surface area contributed by atoms with Crippen LogP contribution < -0.4 is 9.47 Å². The number of ketones is 1. The summed E-state index contributed by atoms with van der Waals surface area (Å²) in [5, 5.41) is 9.42. The fourth-order valence-electron chi connectivity index (χ4n) is 2.15. The summed E-state index contributed by atoms with van der Waals surface area (Å²) < 4.78 is 10.9. The number of phenols is 1. The fraction of sp³-hybridized carbons (Fsp3) is 0.118. The molecule has 1 N–H and O–H groups in total. The van der Waals surface area contributed by atoms with Crippen molar-refractivity contribution in [3.05, 3.63) is 59.4 Å². The monoisotopic (exact) mass is 282 g/mol. The van der Waals surface area contributed by atoms with E-state index in [0.29, 0.717) is 17.9 Å². The second-order valence-electron chi connectivity index (χ2n) is 4.62. The summed E-state index contributed by atoms with van der Waals surface area (Å²) in [5.41, 5.74) is 1.31. The highest BCUT2D eigenvalue weighted by Gasteiger charge is 2.27. The first-order valence-corrected chi connectivity index (χ1v) is 6.67. The highest BCUT2D eigenvalue weighted by molar-refractivity contribution is 6.14. The number of carbonyl (C=O) groups excluding carboxylic acids is 1. The van der Waals surface area contributed by atoms with Crippen molar-refractivity contribution in [2.45, 2.75) is 6.92 Å². The molecule has 0 bridgehead atoms. The van der Waals surface area contributed by atoms with Crippen LogP contribution in [-0.2, 0) is 0 Å². The van der Waals surface area contributed by atoms with E-state index in [4.69, 9.17) is 9.47 Å². The zero-order valence-electron chi connectivity index (χ0n) is 11.5. The molecule has 0 fully saturated rings. The molecule has 4 heteroatoms. The first-order chi connectivity index (χ1) is 10.2. The molecule has 0 saturated heterocycles. The molecule has 4 nitrogen and oxygen atoms in total. The molecule has 21 heavy (non-hydrogen) atoms. The molecule has 0 radical (unpaired) electrons. The Bertz CT molecular complexity index is 714. The summed E-state index contributed by atoms with van der Waals surface area (Å²) in [6.07, 6.45) is 1.68.